The standard InChI is InChI=1S/C14H22N2O2/c1-14(2,3)12(15)13(17)16-9-10-18-11-7-5-4-6-8-11/h4-8,12H,9-10,15H2,1-3H3,(H,16,17)/t12-/m1/s1. The average Bonchev–Trinajstić information content (AvgIpc) is 2.33. The SMILES string of the molecule is CC(C)(C)[C@H](N)C(=O)NCCOc1ccccc1. The summed E-state index contributed by atoms with van der Waals surface area (Å²) in [6.45, 7) is 6.72. The zero-order valence-electron chi connectivity index (χ0n) is 11.3. The number of amides is 1. The number of para-hydroxylation sites is 1. The summed E-state index contributed by atoms with van der Waals surface area (Å²) in [5, 5.41) is 2.77. The minimum absolute atomic E-state index is 0.140. The summed E-state index contributed by atoms with van der Waals surface area (Å²) < 4.78 is 5.47. The maximum atomic E-state index is 11.7. The Morgan fingerprint density at radius 3 is 2.50 bits per heavy atom. The van der Waals surface area contributed by atoms with Crippen LogP contribution in [0.3, 0.4) is 0 Å². The molecule has 0 aliphatic heterocycles. The van der Waals surface area contributed by atoms with Gasteiger partial charge in [-0.2, -0.15) is 0 Å². The van der Waals surface area contributed by atoms with E-state index in [0.29, 0.717) is 13.2 Å². The molecule has 4 heteroatoms. The molecule has 0 radical (unpaired) electrons. The molecule has 0 aromatic heterocycles. The lowest BCUT2D eigenvalue weighted by atomic mass is 9.87. The van der Waals surface area contributed by atoms with Gasteiger partial charge in [-0.15, -0.1) is 0 Å². The third kappa shape index (κ3) is 4.75. The van der Waals surface area contributed by atoms with Crippen molar-refractivity contribution in [2.75, 3.05) is 13.2 Å². The Morgan fingerprint density at radius 1 is 1.33 bits per heavy atom. The number of hydrogen-bond donors (Lipinski definition) is 2. The van der Waals surface area contributed by atoms with Crippen molar-refractivity contribution in [3.8, 4) is 5.75 Å². The van der Waals surface area contributed by atoms with E-state index >= 15 is 0 Å². The van der Waals surface area contributed by atoms with E-state index in [-0.39, 0.29) is 11.3 Å². The second-order valence-corrected chi connectivity index (χ2v) is 5.30. The molecule has 0 bridgehead atoms. The van der Waals surface area contributed by atoms with Gasteiger partial charge in [0.1, 0.15) is 12.4 Å². The van der Waals surface area contributed by atoms with Crippen molar-refractivity contribution in [2.24, 2.45) is 11.1 Å². The molecule has 1 atom stereocenters. The van der Waals surface area contributed by atoms with E-state index < -0.39 is 6.04 Å². The highest BCUT2D eigenvalue weighted by Gasteiger charge is 2.26. The summed E-state index contributed by atoms with van der Waals surface area (Å²) in [5.74, 6) is 0.658. The Kier molecular flexibility index (Phi) is 5.16. The molecule has 0 heterocycles. The summed E-state index contributed by atoms with van der Waals surface area (Å²) in [6.07, 6.45) is 0. The minimum atomic E-state index is -0.505. The number of carbonyl (C=O) groups excluding carboxylic acids is 1. The monoisotopic (exact) mass is 250 g/mol. The molecule has 3 N–H and O–H groups in total. The lowest BCUT2D eigenvalue weighted by Crippen LogP contribution is -2.49. The summed E-state index contributed by atoms with van der Waals surface area (Å²) in [6, 6.07) is 8.99. The van der Waals surface area contributed by atoms with Crippen LogP contribution in [0.1, 0.15) is 20.8 Å². The van der Waals surface area contributed by atoms with Gasteiger partial charge in [0, 0.05) is 0 Å². The fourth-order valence-electron chi connectivity index (χ4n) is 1.36. The summed E-state index contributed by atoms with van der Waals surface area (Å²) in [4.78, 5) is 11.7. The van der Waals surface area contributed by atoms with E-state index in [1.165, 1.54) is 0 Å². The van der Waals surface area contributed by atoms with E-state index in [2.05, 4.69) is 5.32 Å². The maximum absolute atomic E-state index is 11.7. The third-order valence-corrected chi connectivity index (χ3v) is 2.63. The molecule has 1 aromatic rings. The molecule has 0 aliphatic rings. The van der Waals surface area contributed by atoms with Crippen LogP contribution in [-0.4, -0.2) is 25.1 Å². The Morgan fingerprint density at radius 2 is 1.94 bits per heavy atom. The number of nitrogens with one attached hydrogen (secondary N) is 1. The van der Waals surface area contributed by atoms with Gasteiger partial charge < -0.3 is 15.8 Å². The molecular formula is C14H22N2O2. The molecule has 0 unspecified atom stereocenters. The van der Waals surface area contributed by atoms with Gasteiger partial charge in [0.05, 0.1) is 12.6 Å². The van der Waals surface area contributed by atoms with Gasteiger partial charge >= 0.3 is 0 Å². The molecule has 0 fully saturated rings. The average molecular weight is 250 g/mol. The number of hydrogen-bond acceptors (Lipinski definition) is 3. The summed E-state index contributed by atoms with van der Waals surface area (Å²) in [5.41, 5.74) is 5.60. The van der Waals surface area contributed by atoms with E-state index in [0.717, 1.165) is 5.75 Å². The van der Waals surface area contributed by atoms with Crippen molar-refractivity contribution in [1.82, 2.24) is 5.32 Å². The molecule has 1 aromatic carbocycles. The van der Waals surface area contributed by atoms with Crippen LogP contribution in [0, 0.1) is 5.41 Å². The smallest absolute Gasteiger partial charge is 0.237 e. The van der Waals surface area contributed by atoms with Gasteiger partial charge in [-0.25, -0.2) is 0 Å². The van der Waals surface area contributed by atoms with Gasteiger partial charge in [0.15, 0.2) is 0 Å². The van der Waals surface area contributed by atoms with Gasteiger partial charge in [-0.1, -0.05) is 39.0 Å². The van der Waals surface area contributed by atoms with Crippen LogP contribution in [0.5, 0.6) is 5.75 Å². The number of carbonyl (C=O) groups is 1. The zero-order chi connectivity index (χ0) is 13.6. The molecular weight excluding hydrogens is 228 g/mol. The van der Waals surface area contributed by atoms with Crippen LogP contribution in [0.2, 0.25) is 0 Å². The quantitative estimate of drug-likeness (QED) is 0.779. The van der Waals surface area contributed by atoms with Gasteiger partial charge in [-0.05, 0) is 17.5 Å². The van der Waals surface area contributed by atoms with Crippen molar-refractivity contribution in [3.05, 3.63) is 30.3 Å². The van der Waals surface area contributed by atoms with Crippen molar-refractivity contribution in [2.45, 2.75) is 26.8 Å². The third-order valence-electron chi connectivity index (χ3n) is 2.63. The van der Waals surface area contributed by atoms with Crippen molar-refractivity contribution < 1.29 is 9.53 Å². The Balaban J connectivity index is 2.24. The first-order valence-electron chi connectivity index (χ1n) is 6.12. The van der Waals surface area contributed by atoms with Crippen molar-refractivity contribution in [3.63, 3.8) is 0 Å². The normalized spacial score (nSPS) is 12.9. The number of rotatable bonds is 5. The second kappa shape index (κ2) is 6.40. The predicted molar refractivity (Wildman–Crippen MR) is 72.4 cm³/mol. The minimum Gasteiger partial charge on any atom is -0.492 e. The topological polar surface area (TPSA) is 64.4 Å². The van der Waals surface area contributed by atoms with E-state index in [4.69, 9.17) is 10.5 Å². The Hall–Kier alpha value is -1.55. The largest absolute Gasteiger partial charge is 0.492 e. The summed E-state index contributed by atoms with van der Waals surface area (Å²) >= 11 is 0. The maximum Gasteiger partial charge on any atom is 0.237 e. The Labute approximate surface area is 109 Å². The molecule has 1 rings (SSSR count). The van der Waals surface area contributed by atoms with E-state index in [9.17, 15) is 4.79 Å². The highest BCUT2D eigenvalue weighted by atomic mass is 16.5. The second-order valence-electron chi connectivity index (χ2n) is 5.30. The molecule has 0 aliphatic carbocycles. The molecule has 0 spiro atoms. The number of ether oxygens (including phenoxy) is 1. The van der Waals surface area contributed by atoms with Gasteiger partial charge in [0.2, 0.25) is 5.91 Å². The highest BCUT2D eigenvalue weighted by molar-refractivity contribution is 5.82. The van der Waals surface area contributed by atoms with Crippen LogP contribution in [-0.2, 0) is 4.79 Å². The van der Waals surface area contributed by atoms with Crippen LogP contribution in [0.4, 0.5) is 0 Å². The molecule has 0 saturated carbocycles. The van der Waals surface area contributed by atoms with E-state index in [1.807, 2.05) is 51.1 Å². The fourth-order valence-corrected chi connectivity index (χ4v) is 1.36. The molecule has 18 heavy (non-hydrogen) atoms. The van der Waals surface area contributed by atoms with E-state index in [1.54, 1.807) is 0 Å². The first-order valence-corrected chi connectivity index (χ1v) is 6.12. The number of nitrogens with two attached hydrogens (primary N) is 1. The molecule has 100 valence electrons. The predicted octanol–water partition coefficient (Wildman–Crippen LogP) is 1.55. The lowest BCUT2D eigenvalue weighted by Gasteiger charge is -2.25. The highest BCUT2D eigenvalue weighted by Crippen LogP contribution is 2.17. The number of benzene rings is 1. The van der Waals surface area contributed by atoms with Crippen LogP contribution < -0.4 is 15.8 Å². The van der Waals surface area contributed by atoms with Crippen LogP contribution in [0.25, 0.3) is 0 Å². The fraction of sp³-hybridized carbons (Fsp3) is 0.500. The van der Waals surface area contributed by atoms with Crippen LogP contribution in [0.15, 0.2) is 30.3 Å². The molecule has 4 nitrogen and oxygen atoms in total. The van der Waals surface area contributed by atoms with Gasteiger partial charge in [-0.3, -0.25) is 4.79 Å². The van der Waals surface area contributed by atoms with Gasteiger partial charge in [0.25, 0.3) is 0 Å². The first-order chi connectivity index (χ1) is 8.41. The zero-order valence-corrected chi connectivity index (χ0v) is 11.3. The summed E-state index contributed by atoms with van der Waals surface area (Å²) in [7, 11) is 0. The first kappa shape index (κ1) is 14.5. The molecule has 0 saturated heterocycles. The van der Waals surface area contributed by atoms with Crippen molar-refractivity contribution >= 4 is 5.91 Å². The lowest BCUT2D eigenvalue weighted by molar-refractivity contribution is -0.124. The Bertz CT molecular complexity index is 371. The molecule has 1 amide bonds. The van der Waals surface area contributed by atoms with Crippen molar-refractivity contribution in [1.29, 1.82) is 0 Å². The van der Waals surface area contributed by atoms with Crippen LogP contribution >= 0.6 is 0 Å².